The highest BCUT2D eigenvalue weighted by Gasteiger charge is 2.43. The Bertz CT molecular complexity index is 1710. The van der Waals surface area contributed by atoms with Crippen LogP contribution in [0.5, 0.6) is 0 Å². The zero-order valence-electron chi connectivity index (χ0n) is 24.1. The van der Waals surface area contributed by atoms with Gasteiger partial charge in [0.2, 0.25) is 0 Å². The standard InChI is InChI=1S/C30H34FN9O2/c1-18-13-26(38-37-18)36-28-23-9-12-39(3)25(23)14-24(35-28)20-7-10-30(42-4,11-8-20)29(41)34-19(2)21-5-6-27(32-15-21)40-17-22(31)16-33-40/h5-6,9,12-17,19-20H,7-8,10-11H2,1-4H3,(H,34,41)(H2,35,36,37,38)/t19-,20-,30+/m0/s1. The number of hydrogen-bond acceptors (Lipinski definition) is 7. The van der Waals surface area contributed by atoms with E-state index in [1.165, 1.54) is 10.9 Å². The van der Waals surface area contributed by atoms with Crippen LogP contribution in [0.25, 0.3) is 16.7 Å². The third-order valence-corrected chi connectivity index (χ3v) is 8.27. The third kappa shape index (κ3) is 5.25. The van der Waals surface area contributed by atoms with E-state index >= 15 is 0 Å². The Morgan fingerprint density at radius 1 is 1.21 bits per heavy atom. The molecular weight excluding hydrogens is 537 g/mol. The molecule has 11 nitrogen and oxygen atoms in total. The number of methoxy groups -OCH3 is 1. The minimum atomic E-state index is -0.923. The molecule has 1 aliphatic rings. The summed E-state index contributed by atoms with van der Waals surface area (Å²) >= 11 is 0. The molecule has 0 unspecified atom stereocenters. The van der Waals surface area contributed by atoms with Crippen molar-refractivity contribution in [3.05, 3.63) is 77.9 Å². The van der Waals surface area contributed by atoms with Gasteiger partial charge in [-0.3, -0.25) is 9.89 Å². The number of amides is 1. The van der Waals surface area contributed by atoms with Gasteiger partial charge in [0.1, 0.15) is 11.4 Å². The number of carbonyl (C=O) groups excluding carboxylic acids is 1. The lowest BCUT2D eigenvalue weighted by Gasteiger charge is -2.38. The number of aromatic nitrogens is 7. The monoisotopic (exact) mass is 571 g/mol. The number of fused-ring (bicyclic) bond motifs is 1. The van der Waals surface area contributed by atoms with Crippen molar-refractivity contribution in [3.63, 3.8) is 0 Å². The summed E-state index contributed by atoms with van der Waals surface area (Å²) in [6.45, 7) is 3.87. The summed E-state index contributed by atoms with van der Waals surface area (Å²) in [5.41, 5.74) is 2.94. The number of anilines is 2. The summed E-state index contributed by atoms with van der Waals surface area (Å²) in [5, 5.41) is 18.7. The molecule has 1 aliphatic carbocycles. The largest absolute Gasteiger partial charge is 0.368 e. The van der Waals surface area contributed by atoms with Crippen molar-refractivity contribution in [3.8, 4) is 5.82 Å². The van der Waals surface area contributed by atoms with Gasteiger partial charge in [0.05, 0.1) is 24.0 Å². The quantitative estimate of drug-likeness (QED) is 0.239. The van der Waals surface area contributed by atoms with Crippen molar-refractivity contribution in [2.75, 3.05) is 12.4 Å². The van der Waals surface area contributed by atoms with Gasteiger partial charge in [0.15, 0.2) is 17.5 Å². The van der Waals surface area contributed by atoms with E-state index in [0.717, 1.165) is 58.5 Å². The molecular formula is C30H34FN9O2. The van der Waals surface area contributed by atoms with E-state index in [-0.39, 0.29) is 17.9 Å². The minimum absolute atomic E-state index is 0.142. The van der Waals surface area contributed by atoms with Crippen LogP contribution in [0.1, 0.15) is 61.5 Å². The lowest BCUT2D eigenvalue weighted by molar-refractivity contribution is -0.148. The Labute approximate surface area is 242 Å². The van der Waals surface area contributed by atoms with Crippen LogP contribution in [0.3, 0.4) is 0 Å². The Morgan fingerprint density at radius 2 is 2.02 bits per heavy atom. The van der Waals surface area contributed by atoms with E-state index in [9.17, 15) is 9.18 Å². The second kappa shape index (κ2) is 11.0. The summed E-state index contributed by atoms with van der Waals surface area (Å²) < 4.78 is 22.7. The highest BCUT2D eigenvalue weighted by Crippen LogP contribution is 2.41. The molecule has 12 heteroatoms. The van der Waals surface area contributed by atoms with Crippen molar-refractivity contribution in [2.24, 2.45) is 7.05 Å². The summed E-state index contributed by atoms with van der Waals surface area (Å²) in [6.07, 6.45) is 8.75. The van der Waals surface area contributed by atoms with E-state index in [2.05, 4.69) is 47.6 Å². The average Bonchev–Trinajstić information content (AvgIpc) is 3.73. The van der Waals surface area contributed by atoms with Crippen LogP contribution < -0.4 is 10.6 Å². The number of ether oxygens (including phenoxy) is 1. The van der Waals surface area contributed by atoms with E-state index in [0.29, 0.717) is 18.7 Å². The van der Waals surface area contributed by atoms with Crippen molar-refractivity contribution < 1.29 is 13.9 Å². The van der Waals surface area contributed by atoms with Crippen LogP contribution >= 0.6 is 0 Å². The second-order valence-corrected chi connectivity index (χ2v) is 11.0. The van der Waals surface area contributed by atoms with Crippen molar-refractivity contribution in [2.45, 2.75) is 57.1 Å². The molecule has 0 saturated heterocycles. The molecule has 5 aromatic rings. The van der Waals surface area contributed by atoms with Gasteiger partial charge in [0.25, 0.3) is 5.91 Å². The molecule has 1 saturated carbocycles. The average molecular weight is 572 g/mol. The summed E-state index contributed by atoms with van der Waals surface area (Å²) in [4.78, 5) is 23.0. The summed E-state index contributed by atoms with van der Waals surface area (Å²) in [5.74, 6) is 1.59. The van der Waals surface area contributed by atoms with Gasteiger partial charge in [-0.05, 0) is 63.3 Å². The van der Waals surface area contributed by atoms with Crippen LogP contribution in [0.2, 0.25) is 0 Å². The zero-order chi connectivity index (χ0) is 29.4. The molecule has 5 heterocycles. The maximum Gasteiger partial charge on any atom is 0.252 e. The Morgan fingerprint density at radius 3 is 2.67 bits per heavy atom. The first-order valence-electron chi connectivity index (χ1n) is 14.0. The highest BCUT2D eigenvalue weighted by molar-refractivity contribution is 5.92. The number of aromatic amines is 1. The molecule has 0 aromatic carbocycles. The van der Waals surface area contributed by atoms with E-state index in [1.54, 1.807) is 19.4 Å². The lowest BCUT2D eigenvalue weighted by Crippen LogP contribution is -2.50. The maximum atomic E-state index is 13.6. The second-order valence-electron chi connectivity index (χ2n) is 11.0. The van der Waals surface area contributed by atoms with E-state index < -0.39 is 11.4 Å². The van der Waals surface area contributed by atoms with Crippen molar-refractivity contribution in [1.82, 2.24) is 39.8 Å². The van der Waals surface area contributed by atoms with E-state index in [1.807, 2.05) is 39.2 Å². The molecule has 1 atom stereocenters. The fourth-order valence-electron chi connectivity index (χ4n) is 5.72. The number of carbonyl (C=O) groups is 1. The first-order valence-corrected chi connectivity index (χ1v) is 14.0. The fourth-order valence-corrected chi connectivity index (χ4v) is 5.72. The molecule has 42 heavy (non-hydrogen) atoms. The van der Waals surface area contributed by atoms with Crippen LogP contribution in [0.4, 0.5) is 16.0 Å². The van der Waals surface area contributed by atoms with Crippen LogP contribution in [-0.4, -0.2) is 53.1 Å². The zero-order valence-corrected chi connectivity index (χ0v) is 24.1. The molecule has 6 rings (SSSR count). The molecule has 0 bridgehead atoms. The number of H-pyrrole nitrogens is 1. The number of nitrogens with zero attached hydrogens (tertiary/aromatic N) is 6. The number of nitrogens with one attached hydrogen (secondary N) is 3. The Hall–Kier alpha value is -4.58. The van der Waals surface area contributed by atoms with Gasteiger partial charge in [-0.15, -0.1) is 0 Å². The Balaban J connectivity index is 1.15. The van der Waals surface area contributed by atoms with Gasteiger partial charge >= 0.3 is 0 Å². The first kappa shape index (κ1) is 27.6. The minimum Gasteiger partial charge on any atom is -0.368 e. The maximum absolute atomic E-state index is 13.6. The van der Waals surface area contributed by atoms with Gasteiger partial charge in [-0.25, -0.2) is 19.0 Å². The van der Waals surface area contributed by atoms with Gasteiger partial charge in [0, 0.05) is 55.3 Å². The van der Waals surface area contributed by atoms with Crippen molar-refractivity contribution >= 4 is 28.4 Å². The molecule has 218 valence electrons. The molecule has 0 radical (unpaired) electrons. The van der Waals surface area contributed by atoms with Crippen molar-refractivity contribution in [1.29, 1.82) is 0 Å². The number of hydrogen-bond donors (Lipinski definition) is 3. The SMILES string of the molecule is CO[C@]1(C(=O)N[C@@H](C)c2ccc(-n3cc(F)cn3)nc2)CC[C@H](c2cc3c(ccn3C)c(Nc3cc(C)[nH]n3)n2)CC1. The third-order valence-electron chi connectivity index (χ3n) is 8.27. The predicted octanol–water partition coefficient (Wildman–Crippen LogP) is 4.99. The van der Waals surface area contributed by atoms with Gasteiger partial charge < -0.3 is 19.9 Å². The fraction of sp³-hybridized carbons (Fsp3) is 0.367. The molecule has 5 aromatic heterocycles. The number of pyridine rings is 2. The van der Waals surface area contributed by atoms with Gasteiger partial charge in [-0.2, -0.15) is 10.2 Å². The van der Waals surface area contributed by atoms with E-state index in [4.69, 9.17) is 9.72 Å². The number of aryl methyl sites for hydroxylation is 2. The molecule has 3 N–H and O–H groups in total. The Kier molecular flexibility index (Phi) is 7.23. The van der Waals surface area contributed by atoms with Gasteiger partial charge in [-0.1, -0.05) is 6.07 Å². The topological polar surface area (TPSA) is 128 Å². The summed E-state index contributed by atoms with van der Waals surface area (Å²) in [7, 11) is 3.63. The first-order chi connectivity index (χ1) is 20.2. The molecule has 0 aliphatic heterocycles. The number of rotatable bonds is 8. The smallest absolute Gasteiger partial charge is 0.252 e. The highest BCUT2D eigenvalue weighted by atomic mass is 19.1. The summed E-state index contributed by atoms with van der Waals surface area (Å²) in [6, 6.07) is 9.45. The van der Waals surface area contributed by atoms with Crippen LogP contribution in [-0.2, 0) is 16.6 Å². The lowest BCUT2D eigenvalue weighted by atomic mass is 9.76. The normalized spacial score (nSPS) is 19.6. The molecule has 1 amide bonds. The van der Waals surface area contributed by atoms with Crippen LogP contribution in [0.15, 0.2) is 55.1 Å². The predicted molar refractivity (Wildman–Crippen MR) is 156 cm³/mol. The number of halogens is 1. The molecule has 1 fully saturated rings. The molecule has 0 spiro atoms. The van der Waals surface area contributed by atoms with Crippen LogP contribution in [0, 0.1) is 12.7 Å².